The lowest BCUT2D eigenvalue weighted by atomic mass is 9.86. The zero-order valence-electron chi connectivity index (χ0n) is 12.0. The molecule has 0 aliphatic heterocycles. The van der Waals surface area contributed by atoms with Crippen molar-refractivity contribution in [2.45, 2.75) is 32.2 Å². The van der Waals surface area contributed by atoms with Crippen molar-refractivity contribution in [1.29, 1.82) is 0 Å². The maximum Gasteiger partial charge on any atom is 0.122 e. The highest BCUT2D eigenvalue weighted by Gasteiger charge is 2.31. The number of hydrogen-bond acceptors (Lipinski definition) is 4. The van der Waals surface area contributed by atoms with E-state index < -0.39 is 0 Å². The lowest BCUT2D eigenvalue weighted by Crippen LogP contribution is -2.34. The average molecular weight is 264 g/mol. The number of ether oxygens (including phenoxy) is 2. The van der Waals surface area contributed by atoms with Gasteiger partial charge in [-0.2, -0.15) is 0 Å². The maximum absolute atomic E-state index is 5.80. The fourth-order valence-corrected chi connectivity index (χ4v) is 3.15. The predicted octanol–water partition coefficient (Wildman–Crippen LogP) is 2.64. The Morgan fingerprint density at radius 3 is 2.21 bits per heavy atom. The molecule has 19 heavy (non-hydrogen) atoms. The second-order valence-electron chi connectivity index (χ2n) is 5.36. The van der Waals surface area contributed by atoms with Gasteiger partial charge in [-0.05, 0) is 36.0 Å². The molecule has 0 heterocycles. The summed E-state index contributed by atoms with van der Waals surface area (Å²) < 4.78 is 10.7. The highest BCUT2D eigenvalue weighted by molar-refractivity contribution is 5.40. The molecule has 0 amide bonds. The molecule has 0 bridgehead atoms. The van der Waals surface area contributed by atoms with Gasteiger partial charge in [0.1, 0.15) is 11.5 Å². The van der Waals surface area contributed by atoms with E-state index in [1.54, 1.807) is 14.2 Å². The summed E-state index contributed by atoms with van der Waals surface area (Å²) in [6.45, 7) is 2.30. The lowest BCUT2D eigenvalue weighted by molar-refractivity contribution is 0.302. The number of hydrogen-bond donors (Lipinski definition) is 2. The number of hydrazine groups is 1. The molecule has 3 N–H and O–H groups in total. The molecule has 0 saturated heterocycles. The molecule has 0 radical (unpaired) electrons. The molecule has 4 nitrogen and oxygen atoms in total. The van der Waals surface area contributed by atoms with Gasteiger partial charge in [-0.15, -0.1) is 0 Å². The van der Waals surface area contributed by atoms with Gasteiger partial charge in [0.2, 0.25) is 0 Å². The van der Waals surface area contributed by atoms with Crippen molar-refractivity contribution in [3.8, 4) is 11.5 Å². The summed E-state index contributed by atoms with van der Waals surface area (Å²) in [4.78, 5) is 0. The van der Waals surface area contributed by atoms with Crippen molar-refractivity contribution in [2.75, 3.05) is 14.2 Å². The monoisotopic (exact) mass is 264 g/mol. The van der Waals surface area contributed by atoms with E-state index in [2.05, 4.69) is 12.3 Å². The number of benzene rings is 1. The average Bonchev–Trinajstić information content (AvgIpc) is 2.85. The zero-order valence-corrected chi connectivity index (χ0v) is 12.0. The minimum atomic E-state index is 0.154. The van der Waals surface area contributed by atoms with Gasteiger partial charge < -0.3 is 9.47 Å². The molecule has 4 heteroatoms. The smallest absolute Gasteiger partial charge is 0.122 e. The van der Waals surface area contributed by atoms with Gasteiger partial charge in [0.25, 0.3) is 0 Å². The third-order valence-corrected chi connectivity index (χ3v) is 4.27. The van der Waals surface area contributed by atoms with E-state index in [1.165, 1.54) is 19.3 Å². The topological polar surface area (TPSA) is 56.5 Å². The maximum atomic E-state index is 5.80. The molecular weight excluding hydrogens is 240 g/mol. The van der Waals surface area contributed by atoms with Crippen LogP contribution in [0.4, 0.5) is 0 Å². The highest BCUT2D eigenvalue weighted by Crippen LogP contribution is 2.41. The van der Waals surface area contributed by atoms with E-state index >= 15 is 0 Å². The van der Waals surface area contributed by atoms with Crippen molar-refractivity contribution in [1.82, 2.24) is 5.43 Å². The molecule has 3 atom stereocenters. The molecule has 1 aliphatic rings. The van der Waals surface area contributed by atoms with Crippen LogP contribution in [0.15, 0.2) is 18.2 Å². The van der Waals surface area contributed by atoms with Crippen LogP contribution in [0.25, 0.3) is 0 Å². The highest BCUT2D eigenvalue weighted by atomic mass is 16.5. The largest absolute Gasteiger partial charge is 0.497 e. The van der Waals surface area contributed by atoms with E-state index in [4.69, 9.17) is 15.3 Å². The molecule has 1 aromatic carbocycles. The molecule has 1 fully saturated rings. The fraction of sp³-hybridized carbons (Fsp3) is 0.600. The number of nitrogens with one attached hydrogen (secondary N) is 1. The van der Waals surface area contributed by atoms with Crippen LogP contribution in [0.1, 0.15) is 37.8 Å². The minimum Gasteiger partial charge on any atom is -0.497 e. The van der Waals surface area contributed by atoms with Gasteiger partial charge in [-0.3, -0.25) is 11.3 Å². The number of methoxy groups -OCH3 is 2. The van der Waals surface area contributed by atoms with Crippen LogP contribution < -0.4 is 20.7 Å². The Hall–Kier alpha value is -1.26. The van der Waals surface area contributed by atoms with Gasteiger partial charge >= 0.3 is 0 Å². The van der Waals surface area contributed by atoms with E-state index in [0.29, 0.717) is 11.8 Å². The first-order valence-corrected chi connectivity index (χ1v) is 6.88. The van der Waals surface area contributed by atoms with Crippen LogP contribution in [-0.4, -0.2) is 14.2 Å². The number of rotatable bonds is 5. The molecule has 3 unspecified atom stereocenters. The van der Waals surface area contributed by atoms with Gasteiger partial charge in [-0.1, -0.05) is 19.8 Å². The standard InChI is InChI=1S/C15H24N2O2/c1-10-5-4-6-14(10)15(17-16)11-7-12(18-2)9-13(8-11)19-3/h7-10,14-15,17H,4-6,16H2,1-3H3. The van der Waals surface area contributed by atoms with Gasteiger partial charge in [0.05, 0.1) is 14.2 Å². The third kappa shape index (κ3) is 3.01. The van der Waals surface area contributed by atoms with E-state index in [1.807, 2.05) is 18.2 Å². The Labute approximate surface area is 115 Å². The van der Waals surface area contributed by atoms with Crippen LogP contribution in [-0.2, 0) is 0 Å². The fourth-order valence-electron chi connectivity index (χ4n) is 3.15. The quantitative estimate of drug-likeness (QED) is 0.634. The Balaban J connectivity index is 2.31. The molecule has 0 spiro atoms. The first-order valence-electron chi connectivity index (χ1n) is 6.88. The van der Waals surface area contributed by atoms with Gasteiger partial charge in [0.15, 0.2) is 0 Å². The van der Waals surface area contributed by atoms with Crippen molar-refractivity contribution in [3.63, 3.8) is 0 Å². The Bertz CT molecular complexity index is 400. The van der Waals surface area contributed by atoms with Crippen molar-refractivity contribution in [3.05, 3.63) is 23.8 Å². The van der Waals surface area contributed by atoms with Crippen LogP contribution in [0, 0.1) is 11.8 Å². The van der Waals surface area contributed by atoms with Crippen LogP contribution in [0.2, 0.25) is 0 Å². The first-order chi connectivity index (χ1) is 9.19. The summed E-state index contributed by atoms with van der Waals surface area (Å²) in [5.74, 6) is 8.67. The summed E-state index contributed by atoms with van der Waals surface area (Å²) in [6, 6.07) is 6.12. The van der Waals surface area contributed by atoms with E-state index in [0.717, 1.165) is 17.1 Å². The SMILES string of the molecule is COc1cc(OC)cc(C(NN)C2CCCC2C)c1. The zero-order chi connectivity index (χ0) is 13.8. The summed E-state index contributed by atoms with van der Waals surface area (Å²) in [6.07, 6.45) is 3.78. The summed E-state index contributed by atoms with van der Waals surface area (Å²) in [5.41, 5.74) is 4.12. The van der Waals surface area contributed by atoms with E-state index in [9.17, 15) is 0 Å². The second-order valence-corrected chi connectivity index (χ2v) is 5.36. The molecule has 0 aromatic heterocycles. The summed E-state index contributed by atoms with van der Waals surface area (Å²) in [5, 5.41) is 0. The van der Waals surface area contributed by atoms with Crippen molar-refractivity contribution in [2.24, 2.45) is 17.7 Å². The summed E-state index contributed by atoms with van der Waals surface area (Å²) in [7, 11) is 3.34. The van der Waals surface area contributed by atoms with Crippen LogP contribution >= 0.6 is 0 Å². The van der Waals surface area contributed by atoms with E-state index in [-0.39, 0.29) is 6.04 Å². The molecule has 2 rings (SSSR count). The summed E-state index contributed by atoms with van der Waals surface area (Å²) >= 11 is 0. The van der Waals surface area contributed by atoms with Crippen LogP contribution in [0.5, 0.6) is 11.5 Å². The number of nitrogens with two attached hydrogens (primary N) is 1. The van der Waals surface area contributed by atoms with Crippen molar-refractivity contribution >= 4 is 0 Å². The first kappa shape index (κ1) is 14.2. The molecule has 1 aromatic rings. The minimum absolute atomic E-state index is 0.154. The predicted molar refractivity (Wildman–Crippen MR) is 76.1 cm³/mol. The van der Waals surface area contributed by atoms with Gasteiger partial charge in [0, 0.05) is 12.1 Å². The van der Waals surface area contributed by atoms with Crippen LogP contribution in [0.3, 0.4) is 0 Å². The third-order valence-electron chi connectivity index (χ3n) is 4.27. The molecule has 106 valence electrons. The van der Waals surface area contributed by atoms with Gasteiger partial charge in [-0.25, -0.2) is 0 Å². The molecular formula is C15H24N2O2. The lowest BCUT2D eigenvalue weighted by Gasteiger charge is -2.27. The Kier molecular flexibility index (Phi) is 4.66. The molecule has 1 aliphatic carbocycles. The Morgan fingerprint density at radius 1 is 1.16 bits per heavy atom. The Morgan fingerprint density at radius 2 is 1.79 bits per heavy atom. The molecule has 1 saturated carbocycles. The van der Waals surface area contributed by atoms with Crippen molar-refractivity contribution < 1.29 is 9.47 Å². The normalized spacial score (nSPS) is 24.2. The second kappa shape index (κ2) is 6.26.